The second-order valence-electron chi connectivity index (χ2n) is 10.0. The van der Waals surface area contributed by atoms with E-state index in [9.17, 15) is 5.11 Å². The van der Waals surface area contributed by atoms with Gasteiger partial charge < -0.3 is 9.67 Å². The quantitative estimate of drug-likeness (QED) is 0.443. The van der Waals surface area contributed by atoms with Gasteiger partial charge in [-0.25, -0.2) is 0 Å². The molecule has 1 N–H and O–H groups in total. The standard InChI is InChI=1S/C26H32BrNO/c1-25(2,3)21-13-19(14-22(24(21)29)26(4,5)6)12-20-15-23(27)28(17-20)16-18-10-8-7-9-11-18/h7-11,13-15,17,29H,12,16H2,1-6H3. The van der Waals surface area contributed by atoms with Crippen LogP contribution in [0.2, 0.25) is 0 Å². The van der Waals surface area contributed by atoms with Crippen molar-refractivity contribution in [1.29, 1.82) is 0 Å². The fraction of sp³-hybridized carbons (Fsp3) is 0.385. The van der Waals surface area contributed by atoms with E-state index in [1.54, 1.807) is 0 Å². The molecule has 0 fully saturated rings. The maximum Gasteiger partial charge on any atom is 0.123 e. The minimum Gasteiger partial charge on any atom is -0.507 e. The van der Waals surface area contributed by atoms with Crippen molar-refractivity contribution in [1.82, 2.24) is 4.57 Å². The Balaban J connectivity index is 1.95. The maximum atomic E-state index is 11.0. The highest BCUT2D eigenvalue weighted by Crippen LogP contribution is 2.40. The SMILES string of the molecule is CC(C)(C)c1cc(Cc2cc(Br)n(Cc3ccccc3)c2)cc(C(C)(C)C)c1O. The summed E-state index contributed by atoms with van der Waals surface area (Å²) in [6.07, 6.45) is 3.06. The molecule has 2 nitrogen and oxygen atoms in total. The molecule has 3 rings (SSSR count). The molecular weight excluding hydrogens is 422 g/mol. The van der Waals surface area contributed by atoms with E-state index in [1.165, 1.54) is 16.7 Å². The lowest BCUT2D eigenvalue weighted by molar-refractivity contribution is 0.423. The van der Waals surface area contributed by atoms with Crippen molar-refractivity contribution < 1.29 is 5.11 Å². The van der Waals surface area contributed by atoms with Crippen LogP contribution in [0.1, 0.15) is 69.4 Å². The molecule has 2 aromatic carbocycles. The van der Waals surface area contributed by atoms with Crippen LogP contribution in [0.5, 0.6) is 5.75 Å². The Morgan fingerprint density at radius 3 is 1.86 bits per heavy atom. The molecule has 1 aromatic heterocycles. The Morgan fingerprint density at radius 1 is 0.793 bits per heavy atom. The van der Waals surface area contributed by atoms with Gasteiger partial charge in [0.2, 0.25) is 0 Å². The first-order chi connectivity index (χ1) is 13.4. The summed E-state index contributed by atoms with van der Waals surface area (Å²) in [4.78, 5) is 0. The number of phenolic OH excluding ortho intramolecular Hbond substituents is 1. The van der Waals surface area contributed by atoms with E-state index in [2.05, 4.69) is 111 Å². The molecule has 0 spiro atoms. The first kappa shape index (κ1) is 21.7. The summed E-state index contributed by atoms with van der Waals surface area (Å²) in [5.41, 5.74) is 5.59. The number of aromatic hydroxyl groups is 1. The molecule has 0 aliphatic rings. The molecule has 154 valence electrons. The lowest BCUT2D eigenvalue weighted by atomic mass is 9.78. The van der Waals surface area contributed by atoms with Crippen LogP contribution in [-0.2, 0) is 23.8 Å². The van der Waals surface area contributed by atoms with Crippen LogP contribution in [0.4, 0.5) is 0 Å². The van der Waals surface area contributed by atoms with Crippen LogP contribution in [0.15, 0.2) is 59.3 Å². The molecule has 3 aromatic rings. The highest BCUT2D eigenvalue weighted by molar-refractivity contribution is 9.10. The number of hydrogen-bond acceptors (Lipinski definition) is 1. The summed E-state index contributed by atoms with van der Waals surface area (Å²) in [5, 5.41) is 11.0. The molecule has 0 aliphatic carbocycles. The molecule has 0 atom stereocenters. The third kappa shape index (κ3) is 5.14. The highest BCUT2D eigenvalue weighted by atomic mass is 79.9. The fourth-order valence-electron chi connectivity index (χ4n) is 3.71. The van der Waals surface area contributed by atoms with Gasteiger partial charge in [0.15, 0.2) is 0 Å². The number of halogens is 1. The number of rotatable bonds is 4. The van der Waals surface area contributed by atoms with Gasteiger partial charge in [-0.05, 0) is 67.1 Å². The molecule has 0 unspecified atom stereocenters. The van der Waals surface area contributed by atoms with E-state index < -0.39 is 0 Å². The van der Waals surface area contributed by atoms with Crippen molar-refractivity contribution in [3.05, 3.63) is 87.1 Å². The normalized spacial score (nSPS) is 12.4. The first-order valence-corrected chi connectivity index (χ1v) is 11.0. The highest BCUT2D eigenvalue weighted by Gasteiger charge is 2.26. The molecule has 0 aliphatic heterocycles. The Morgan fingerprint density at radius 2 is 1.34 bits per heavy atom. The number of nitrogens with zero attached hydrogens (tertiary/aromatic N) is 1. The summed E-state index contributed by atoms with van der Waals surface area (Å²) < 4.78 is 3.32. The van der Waals surface area contributed by atoms with Crippen molar-refractivity contribution in [2.24, 2.45) is 0 Å². The molecule has 0 saturated heterocycles. The first-order valence-electron chi connectivity index (χ1n) is 10.2. The van der Waals surface area contributed by atoms with Crippen LogP contribution < -0.4 is 0 Å². The monoisotopic (exact) mass is 453 g/mol. The summed E-state index contributed by atoms with van der Waals surface area (Å²) in [5.74, 6) is 0.441. The zero-order chi connectivity index (χ0) is 21.4. The number of aromatic nitrogens is 1. The van der Waals surface area contributed by atoms with Crippen LogP contribution >= 0.6 is 15.9 Å². The fourth-order valence-corrected chi connectivity index (χ4v) is 4.23. The van der Waals surface area contributed by atoms with E-state index in [-0.39, 0.29) is 10.8 Å². The number of benzene rings is 2. The lowest BCUT2D eigenvalue weighted by Gasteiger charge is -2.28. The third-order valence-electron chi connectivity index (χ3n) is 5.29. The van der Waals surface area contributed by atoms with E-state index in [0.29, 0.717) is 5.75 Å². The van der Waals surface area contributed by atoms with E-state index in [4.69, 9.17) is 0 Å². The summed E-state index contributed by atoms with van der Waals surface area (Å²) >= 11 is 3.72. The van der Waals surface area contributed by atoms with Gasteiger partial charge in [-0.15, -0.1) is 0 Å². The van der Waals surface area contributed by atoms with Crippen molar-refractivity contribution in [2.45, 2.75) is 65.3 Å². The molecule has 3 heteroatoms. The van der Waals surface area contributed by atoms with E-state index in [0.717, 1.165) is 28.7 Å². The van der Waals surface area contributed by atoms with Gasteiger partial charge >= 0.3 is 0 Å². The van der Waals surface area contributed by atoms with Gasteiger partial charge in [-0.3, -0.25) is 0 Å². The van der Waals surface area contributed by atoms with Gasteiger partial charge in [0, 0.05) is 12.7 Å². The molecule has 29 heavy (non-hydrogen) atoms. The molecule has 0 amide bonds. The van der Waals surface area contributed by atoms with Crippen LogP contribution in [0, 0.1) is 0 Å². The van der Waals surface area contributed by atoms with Crippen molar-refractivity contribution in [3.8, 4) is 5.75 Å². The predicted octanol–water partition coefficient (Wildman–Crippen LogP) is 7.19. The Kier molecular flexibility index (Phi) is 6.01. The summed E-state index contributed by atoms with van der Waals surface area (Å²) in [6.45, 7) is 13.8. The summed E-state index contributed by atoms with van der Waals surface area (Å²) in [6, 6.07) is 17.0. The minimum absolute atomic E-state index is 0.111. The largest absolute Gasteiger partial charge is 0.507 e. The smallest absolute Gasteiger partial charge is 0.123 e. The van der Waals surface area contributed by atoms with Gasteiger partial charge in [0.05, 0.1) is 4.60 Å². The van der Waals surface area contributed by atoms with Gasteiger partial charge in [0.1, 0.15) is 5.75 Å². The van der Waals surface area contributed by atoms with Crippen molar-refractivity contribution in [3.63, 3.8) is 0 Å². The van der Waals surface area contributed by atoms with E-state index >= 15 is 0 Å². The molecule has 0 bridgehead atoms. The zero-order valence-corrected chi connectivity index (χ0v) is 20.0. The van der Waals surface area contributed by atoms with Crippen molar-refractivity contribution >= 4 is 15.9 Å². The van der Waals surface area contributed by atoms with Gasteiger partial charge in [-0.1, -0.05) is 84.0 Å². The Labute approximate surface area is 183 Å². The number of hydrogen-bond donors (Lipinski definition) is 1. The second kappa shape index (κ2) is 8.02. The second-order valence-corrected chi connectivity index (χ2v) is 10.8. The minimum atomic E-state index is -0.111. The topological polar surface area (TPSA) is 25.2 Å². The third-order valence-corrected chi connectivity index (χ3v) is 5.97. The molecule has 1 heterocycles. The van der Waals surface area contributed by atoms with Crippen molar-refractivity contribution in [2.75, 3.05) is 0 Å². The van der Waals surface area contributed by atoms with Gasteiger partial charge in [0.25, 0.3) is 0 Å². The summed E-state index contributed by atoms with van der Waals surface area (Å²) in [7, 11) is 0. The van der Waals surface area contributed by atoms with Crippen LogP contribution in [0.3, 0.4) is 0 Å². The predicted molar refractivity (Wildman–Crippen MR) is 126 cm³/mol. The number of phenols is 1. The van der Waals surface area contributed by atoms with Crippen LogP contribution in [-0.4, -0.2) is 9.67 Å². The average Bonchev–Trinajstić information content (AvgIpc) is 2.94. The van der Waals surface area contributed by atoms with E-state index in [1.807, 2.05) is 6.07 Å². The molecule has 0 radical (unpaired) electrons. The maximum absolute atomic E-state index is 11.0. The van der Waals surface area contributed by atoms with Gasteiger partial charge in [-0.2, -0.15) is 0 Å². The lowest BCUT2D eigenvalue weighted by Crippen LogP contribution is -2.18. The molecule has 0 saturated carbocycles. The zero-order valence-electron chi connectivity index (χ0n) is 18.4. The van der Waals surface area contributed by atoms with Crippen LogP contribution in [0.25, 0.3) is 0 Å². The Bertz CT molecular complexity index is 953. The average molecular weight is 454 g/mol. The molecular formula is C26H32BrNO. The Hall–Kier alpha value is -2.00.